The molecule has 0 saturated carbocycles. The zero-order valence-corrected chi connectivity index (χ0v) is 18.1. The van der Waals surface area contributed by atoms with Gasteiger partial charge in [-0.2, -0.15) is 5.26 Å². The fourth-order valence-electron chi connectivity index (χ4n) is 3.39. The number of carbonyl (C=O) groups excluding carboxylic acids is 1. The van der Waals surface area contributed by atoms with E-state index >= 15 is 0 Å². The number of hydrogen-bond donors (Lipinski definition) is 2. The maximum atomic E-state index is 13.1. The molecule has 0 aliphatic rings. The van der Waals surface area contributed by atoms with Gasteiger partial charge < -0.3 is 14.6 Å². The van der Waals surface area contributed by atoms with Crippen LogP contribution >= 0.6 is 0 Å². The van der Waals surface area contributed by atoms with Crippen LogP contribution in [0.2, 0.25) is 0 Å². The number of nitrogens with zero attached hydrogens (tertiary/aromatic N) is 1. The summed E-state index contributed by atoms with van der Waals surface area (Å²) in [6.07, 6.45) is 0. The Hall–Kier alpha value is -3.30. The number of nitrogens with one attached hydrogen (secondary N) is 1. The second-order valence-electron chi connectivity index (χ2n) is 9.41. The standard InChI is InChI=1S/C24H26N2O4/c1-23(2,3)17-11-16(30-28)12-18(24(4,5)6)21(17)26-22(27)20-10-15-9-14(13-25)7-8-19(15)29-20/h7-12,28H,1-6H3,(H,26,27). The van der Waals surface area contributed by atoms with Crippen molar-refractivity contribution in [3.05, 3.63) is 58.8 Å². The summed E-state index contributed by atoms with van der Waals surface area (Å²) in [5.74, 6) is 0.0799. The van der Waals surface area contributed by atoms with Crippen molar-refractivity contribution in [1.82, 2.24) is 0 Å². The van der Waals surface area contributed by atoms with Gasteiger partial charge in [-0.3, -0.25) is 4.79 Å². The predicted molar refractivity (Wildman–Crippen MR) is 116 cm³/mol. The molecule has 1 amide bonds. The molecule has 30 heavy (non-hydrogen) atoms. The normalized spacial score (nSPS) is 11.9. The summed E-state index contributed by atoms with van der Waals surface area (Å²) in [5, 5.41) is 22.0. The number of nitriles is 1. The van der Waals surface area contributed by atoms with Crippen molar-refractivity contribution in [3.8, 4) is 11.8 Å². The Bertz CT molecular complexity index is 1120. The predicted octanol–water partition coefficient (Wildman–Crippen LogP) is 6.00. The molecule has 6 nitrogen and oxygen atoms in total. The van der Waals surface area contributed by atoms with E-state index in [1.54, 1.807) is 36.4 Å². The second kappa shape index (κ2) is 7.51. The first kappa shape index (κ1) is 21.4. The highest BCUT2D eigenvalue weighted by molar-refractivity contribution is 6.05. The number of anilines is 1. The van der Waals surface area contributed by atoms with Crippen LogP contribution in [0.4, 0.5) is 5.69 Å². The molecule has 0 fully saturated rings. The van der Waals surface area contributed by atoms with Gasteiger partial charge in [0.05, 0.1) is 11.6 Å². The van der Waals surface area contributed by atoms with Crippen molar-refractivity contribution >= 4 is 22.6 Å². The van der Waals surface area contributed by atoms with Gasteiger partial charge in [0.25, 0.3) is 5.91 Å². The lowest BCUT2D eigenvalue weighted by Crippen LogP contribution is -2.24. The number of fused-ring (bicyclic) bond motifs is 1. The molecule has 0 spiro atoms. The molecule has 0 radical (unpaired) electrons. The largest absolute Gasteiger partial charge is 0.451 e. The molecule has 2 aromatic carbocycles. The molecule has 0 saturated heterocycles. The van der Waals surface area contributed by atoms with Crippen LogP contribution in [0.5, 0.6) is 5.75 Å². The fourth-order valence-corrected chi connectivity index (χ4v) is 3.39. The van der Waals surface area contributed by atoms with E-state index in [4.69, 9.17) is 9.68 Å². The van der Waals surface area contributed by atoms with E-state index in [1.165, 1.54) is 0 Å². The number of carbonyl (C=O) groups is 1. The number of benzene rings is 2. The van der Waals surface area contributed by atoms with Gasteiger partial charge in [0.15, 0.2) is 11.5 Å². The summed E-state index contributed by atoms with van der Waals surface area (Å²) < 4.78 is 5.71. The monoisotopic (exact) mass is 406 g/mol. The van der Waals surface area contributed by atoms with E-state index in [1.807, 2.05) is 41.5 Å². The molecular formula is C24H26N2O4. The summed E-state index contributed by atoms with van der Waals surface area (Å²) in [6.45, 7) is 12.1. The van der Waals surface area contributed by atoms with Crippen LogP contribution in [0, 0.1) is 11.3 Å². The minimum Gasteiger partial charge on any atom is -0.451 e. The van der Waals surface area contributed by atoms with Crippen LogP contribution < -0.4 is 10.2 Å². The molecule has 3 rings (SSSR count). The minimum atomic E-state index is -0.390. The van der Waals surface area contributed by atoms with Gasteiger partial charge in [0, 0.05) is 11.1 Å². The molecule has 3 aromatic rings. The quantitative estimate of drug-likeness (QED) is 0.410. The van der Waals surface area contributed by atoms with Gasteiger partial charge in [-0.1, -0.05) is 41.5 Å². The van der Waals surface area contributed by atoms with Crippen molar-refractivity contribution in [2.75, 3.05) is 5.32 Å². The molecule has 0 atom stereocenters. The van der Waals surface area contributed by atoms with Gasteiger partial charge in [0.2, 0.25) is 0 Å². The minimum absolute atomic E-state index is 0.155. The third-order valence-corrected chi connectivity index (χ3v) is 4.94. The highest BCUT2D eigenvalue weighted by Crippen LogP contribution is 2.41. The maximum Gasteiger partial charge on any atom is 0.291 e. The molecule has 0 aliphatic carbocycles. The summed E-state index contributed by atoms with van der Waals surface area (Å²) in [6, 6.07) is 12.2. The van der Waals surface area contributed by atoms with Crippen molar-refractivity contribution in [2.24, 2.45) is 0 Å². The van der Waals surface area contributed by atoms with Crippen LogP contribution in [0.1, 0.15) is 68.8 Å². The molecule has 6 heteroatoms. The Balaban J connectivity index is 2.11. The topological polar surface area (TPSA) is 95.5 Å². The molecule has 1 heterocycles. The highest BCUT2D eigenvalue weighted by Gasteiger charge is 2.29. The van der Waals surface area contributed by atoms with Crippen LogP contribution in [-0.2, 0) is 10.8 Å². The number of rotatable bonds is 3. The molecular weight excluding hydrogens is 380 g/mol. The third kappa shape index (κ3) is 4.17. The second-order valence-corrected chi connectivity index (χ2v) is 9.41. The van der Waals surface area contributed by atoms with Crippen molar-refractivity contribution < 1.29 is 19.4 Å². The third-order valence-electron chi connectivity index (χ3n) is 4.94. The molecule has 2 N–H and O–H groups in total. The molecule has 156 valence electrons. The first-order valence-electron chi connectivity index (χ1n) is 9.69. The van der Waals surface area contributed by atoms with Gasteiger partial charge >= 0.3 is 0 Å². The number of hydrogen-bond acceptors (Lipinski definition) is 5. The maximum absolute atomic E-state index is 13.1. The molecule has 1 aromatic heterocycles. The van der Waals surface area contributed by atoms with E-state index in [0.29, 0.717) is 28.0 Å². The van der Waals surface area contributed by atoms with E-state index in [9.17, 15) is 10.1 Å². The first-order chi connectivity index (χ1) is 13.9. The van der Waals surface area contributed by atoms with E-state index in [0.717, 1.165) is 11.1 Å². The highest BCUT2D eigenvalue weighted by atomic mass is 17.1. The van der Waals surface area contributed by atoms with E-state index in [2.05, 4.69) is 16.3 Å². The number of amides is 1. The molecule has 0 aliphatic heterocycles. The Morgan fingerprint density at radius 3 is 2.13 bits per heavy atom. The van der Waals surface area contributed by atoms with E-state index < -0.39 is 5.91 Å². The summed E-state index contributed by atoms with van der Waals surface area (Å²) in [4.78, 5) is 17.6. The molecule has 0 bridgehead atoms. The zero-order chi connectivity index (χ0) is 22.3. The Kier molecular flexibility index (Phi) is 5.36. The zero-order valence-electron chi connectivity index (χ0n) is 18.1. The summed E-state index contributed by atoms with van der Waals surface area (Å²) in [5.41, 5.74) is 2.71. The van der Waals surface area contributed by atoms with E-state index in [-0.39, 0.29) is 16.6 Å². The van der Waals surface area contributed by atoms with Gasteiger partial charge in [-0.05, 0) is 58.4 Å². The first-order valence-corrected chi connectivity index (χ1v) is 9.69. The van der Waals surface area contributed by atoms with Crippen molar-refractivity contribution in [1.29, 1.82) is 5.26 Å². The lowest BCUT2D eigenvalue weighted by Gasteiger charge is -2.30. The summed E-state index contributed by atoms with van der Waals surface area (Å²) >= 11 is 0. The Morgan fingerprint density at radius 2 is 1.63 bits per heavy atom. The van der Waals surface area contributed by atoms with Crippen LogP contribution in [0.3, 0.4) is 0 Å². The van der Waals surface area contributed by atoms with Crippen molar-refractivity contribution in [2.45, 2.75) is 52.4 Å². The fraction of sp³-hybridized carbons (Fsp3) is 0.333. The number of furan rings is 1. The van der Waals surface area contributed by atoms with Crippen LogP contribution in [0.15, 0.2) is 40.8 Å². The average molecular weight is 406 g/mol. The SMILES string of the molecule is CC(C)(C)c1cc(OO)cc(C(C)(C)C)c1NC(=O)c1cc2cc(C#N)ccc2o1. The van der Waals surface area contributed by atoms with Gasteiger partial charge in [0.1, 0.15) is 5.58 Å². The Morgan fingerprint density at radius 1 is 1.03 bits per heavy atom. The lowest BCUT2D eigenvalue weighted by atomic mass is 9.78. The average Bonchev–Trinajstić information content (AvgIpc) is 3.09. The lowest BCUT2D eigenvalue weighted by molar-refractivity contribution is -0.137. The molecule has 0 unspecified atom stereocenters. The Labute approximate surface area is 176 Å². The summed E-state index contributed by atoms with van der Waals surface area (Å²) in [7, 11) is 0. The van der Waals surface area contributed by atoms with Gasteiger partial charge in [-0.15, -0.1) is 0 Å². The van der Waals surface area contributed by atoms with Gasteiger partial charge in [-0.25, -0.2) is 5.26 Å². The smallest absolute Gasteiger partial charge is 0.291 e. The van der Waals surface area contributed by atoms with Crippen LogP contribution in [-0.4, -0.2) is 11.2 Å². The van der Waals surface area contributed by atoms with Crippen molar-refractivity contribution in [3.63, 3.8) is 0 Å². The van der Waals surface area contributed by atoms with Crippen LogP contribution in [0.25, 0.3) is 11.0 Å².